The van der Waals surface area contributed by atoms with Crippen LogP contribution < -0.4 is 14.0 Å². The number of rotatable bonds is 8. The first kappa shape index (κ1) is 20.8. The first-order chi connectivity index (χ1) is 14.0. The number of hydrogen-bond donors (Lipinski definition) is 1. The summed E-state index contributed by atoms with van der Waals surface area (Å²) in [5.41, 5.74) is 1.83. The molecule has 0 saturated heterocycles. The van der Waals surface area contributed by atoms with Crippen molar-refractivity contribution in [1.29, 1.82) is 0 Å². The molecule has 3 rings (SSSR count). The van der Waals surface area contributed by atoms with E-state index >= 15 is 0 Å². The summed E-state index contributed by atoms with van der Waals surface area (Å²) in [7, 11) is 3.12. The Morgan fingerprint density at radius 2 is 1.83 bits per heavy atom. The molecule has 2 aromatic carbocycles. The molecule has 3 aromatic rings. The number of aromatic nitrogens is 2. The van der Waals surface area contributed by atoms with E-state index in [2.05, 4.69) is 9.97 Å². The van der Waals surface area contributed by atoms with Crippen molar-refractivity contribution in [3.63, 3.8) is 0 Å². The molecule has 0 spiro atoms. The number of methoxy groups -OCH3 is 2. The van der Waals surface area contributed by atoms with Gasteiger partial charge in [-0.1, -0.05) is 0 Å². The number of halogens is 1. The number of carbonyl (C=O) groups is 1. The Kier molecular flexibility index (Phi) is 6.83. The van der Waals surface area contributed by atoms with Crippen LogP contribution in [0.5, 0.6) is 11.8 Å². The summed E-state index contributed by atoms with van der Waals surface area (Å²) in [5.74, 6) is -1.28. The van der Waals surface area contributed by atoms with Crippen molar-refractivity contribution in [3.8, 4) is 23.0 Å². The molecule has 0 saturated carbocycles. The van der Waals surface area contributed by atoms with Crippen LogP contribution in [0, 0.1) is 5.82 Å². The topological polar surface area (TPSA) is 81.5 Å². The van der Waals surface area contributed by atoms with Crippen LogP contribution in [-0.4, -0.2) is 51.0 Å². The standard InChI is InChI=1S/C21H19AsFN2O4/c1-28-15-6-3-13(4-7-15)9-10-22-19-12-18(24-21(25-19)29-2)14-5-8-17(23)16(11-14)20(26)27/h3-8,11-12H,9-10H2,1-2H3,(H,26,27). The summed E-state index contributed by atoms with van der Waals surface area (Å²) < 4.78 is 24.9. The Morgan fingerprint density at radius 1 is 1.07 bits per heavy atom. The Balaban J connectivity index is 1.78. The second-order valence-electron chi connectivity index (χ2n) is 6.08. The zero-order chi connectivity index (χ0) is 20.8. The van der Waals surface area contributed by atoms with Gasteiger partial charge in [0.25, 0.3) is 0 Å². The molecular weight excluding hydrogens is 438 g/mol. The summed E-state index contributed by atoms with van der Waals surface area (Å²) in [5, 5.41) is 10.1. The van der Waals surface area contributed by atoms with Crippen LogP contribution in [-0.2, 0) is 6.42 Å². The molecule has 0 atom stereocenters. The SMILES string of the molecule is COc1ccc(CC[As]c2cc(-c3ccc(F)c(C(=O)O)c3)nc(OC)n2)cc1. The van der Waals surface area contributed by atoms with Gasteiger partial charge in [0.2, 0.25) is 0 Å². The average molecular weight is 457 g/mol. The van der Waals surface area contributed by atoms with E-state index in [-0.39, 0.29) is 21.8 Å². The number of carboxylic acids is 1. The summed E-state index contributed by atoms with van der Waals surface area (Å²) in [6, 6.07) is 13.9. The van der Waals surface area contributed by atoms with Crippen molar-refractivity contribution < 1.29 is 23.8 Å². The van der Waals surface area contributed by atoms with Crippen molar-refractivity contribution in [1.82, 2.24) is 9.97 Å². The van der Waals surface area contributed by atoms with Gasteiger partial charge in [0.1, 0.15) is 0 Å². The predicted octanol–water partition coefficient (Wildman–Crippen LogP) is 2.99. The van der Waals surface area contributed by atoms with Gasteiger partial charge in [-0.15, -0.1) is 0 Å². The fourth-order valence-electron chi connectivity index (χ4n) is 2.67. The molecular formula is C21H19AsFN2O4. The van der Waals surface area contributed by atoms with Crippen LogP contribution in [0.1, 0.15) is 15.9 Å². The first-order valence-corrected chi connectivity index (χ1v) is 11.0. The molecule has 1 heterocycles. The number of aromatic carboxylic acids is 1. The average Bonchev–Trinajstić information content (AvgIpc) is 2.74. The quantitative estimate of drug-likeness (QED) is 0.524. The van der Waals surface area contributed by atoms with E-state index in [0.717, 1.165) is 27.9 Å². The first-order valence-electron chi connectivity index (χ1n) is 8.77. The number of hydrogen-bond acceptors (Lipinski definition) is 5. The number of carboxylic acid groups (broad SMARTS) is 1. The van der Waals surface area contributed by atoms with Crippen LogP contribution in [0.3, 0.4) is 0 Å². The van der Waals surface area contributed by atoms with Crippen LogP contribution in [0.15, 0.2) is 48.5 Å². The molecule has 1 aromatic heterocycles. The summed E-state index contributed by atoms with van der Waals surface area (Å²) >= 11 is -0.259. The maximum atomic E-state index is 13.7. The third kappa shape index (κ3) is 5.33. The van der Waals surface area contributed by atoms with Crippen molar-refractivity contribution in [3.05, 3.63) is 65.5 Å². The van der Waals surface area contributed by atoms with Crippen molar-refractivity contribution in [2.75, 3.05) is 14.2 Å². The predicted molar refractivity (Wildman–Crippen MR) is 108 cm³/mol. The molecule has 0 aliphatic heterocycles. The summed E-state index contributed by atoms with van der Waals surface area (Å²) in [6.45, 7) is 0. The molecule has 0 amide bonds. The Labute approximate surface area is 174 Å². The van der Waals surface area contributed by atoms with Crippen LogP contribution >= 0.6 is 0 Å². The maximum absolute atomic E-state index is 13.7. The van der Waals surface area contributed by atoms with Gasteiger partial charge in [0, 0.05) is 0 Å². The number of benzene rings is 2. The third-order valence-corrected chi connectivity index (χ3v) is 6.30. The summed E-state index contributed by atoms with van der Waals surface area (Å²) in [4.78, 5) is 19.9. The fraction of sp³-hybridized carbons (Fsp3) is 0.190. The number of nitrogens with zero attached hydrogens (tertiary/aromatic N) is 2. The zero-order valence-electron chi connectivity index (χ0n) is 15.9. The van der Waals surface area contributed by atoms with E-state index in [1.165, 1.54) is 24.8 Å². The Morgan fingerprint density at radius 3 is 2.48 bits per heavy atom. The van der Waals surface area contributed by atoms with E-state index < -0.39 is 17.3 Å². The van der Waals surface area contributed by atoms with Gasteiger partial charge in [-0.05, 0) is 0 Å². The molecule has 0 unspecified atom stereocenters. The molecule has 0 bridgehead atoms. The minimum atomic E-state index is -1.32. The molecule has 8 heteroatoms. The summed E-state index contributed by atoms with van der Waals surface area (Å²) in [6.07, 6.45) is 0.908. The molecule has 149 valence electrons. The second-order valence-corrected chi connectivity index (χ2v) is 8.64. The molecule has 6 nitrogen and oxygen atoms in total. The number of ether oxygens (including phenoxy) is 2. The van der Waals surface area contributed by atoms with E-state index in [4.69, 9.17) is 14.6 Å². The van der Waals surface area contributed by atoms with Gasteiger partial charge in [0.15, 0.2) is 0 Å². The van der Waals surface area contributed by atoms with E-state index in [9.17, 15) is 9.18 Å². The van der Waals surface area contributed by atoms with Gasteiger partial charge in [0.05, 0.1) is 0 Å². The Hall–Kier alpha value is -2.92. The second kappa shape index (κ2) is 9.52. The minimum absolute atomic E-state index is 0.207. The van der Waals surface area contributed by atoms with Gasteiger partial charge >= 0.3 is 174 Å². The van der Waals surface area contributed by atoms with Gasteiger partial charge < -0.3 is 0 Å². The third-order valence-electron chi connectivity index (χ3n) is 4.20. The zero-order valence-corrected chi connectivity index (χ0v) is 17.8. The molecule has 29 heavy (non-hydrogen) atoms. The van der Waals surface area contributed by atoms with Gasteiger partial charge in [-0.25, -0.2) is 0 Å². The van der Waals surface area contributed by atoms with Crippen molar-refractivity contribution >= 4 is 26.2 Å². The van der Waals surface area contributed by atoms with Gasteiger partial charge in [-0.3, -0.25) is 0 Å². The normalized spacial score (nSPS) is 11.0. The van der Waals surface area contributed by atoms with Crippen LogP contribution in [0.4, 0.5) is 4.39 Å². The number of aryl methyl sites for hydroxylation is 1. The van der Waals surface area contributed by atoms with Crippen molar-refractivity contribution in [2.45, 2.75) is 11.6 Å². The Bertz CT molecular complexity index is 1010. The molecule has 0 aliphatic rings. The molecule has 1 radical (unpaired) electrons. The monoisotopic (exact) mass is 457 g/mol. The van der Waals surface area contributed by atoms with Crippen molar-refractivity contribution in [2.24, 2.45) is 0 Å². The molecule has 1 N–H and O–H groups in total. The molecule has 0 aliphatic carbocycles. The van der Waals surface area contributed by atoms with Gasteiger partial charge in [-0.2, -0.15) is 0 Å². The van der Waals surface area contributed by atoms with Crippen LogP contribution in [0.2, 0.25) is 5.21 Å². The van der Waals surface area contributed by atoms with Crippen LogP contribution in [0.25, 0.3) is 11.3 Å². The van der Waals surface area contributed by atoms with E-state index in [1.807, 2.05) is 30.3 Å². The van der Waals surface area contributed by atoms with E-state index in [0.29, 0.717) is 11.3 Å². The molecule has 0 fully saturated rings. The van der Waals surface area contributed by atoms with E-state index in [1.54, 1.807) is 7.11 Å². The fourth-order valence-corrected chi connectivity index (χ4v) is 4.71.